The Hall–Kier alpha value is -2.22. The normalized spacial score (nSPS) is 24.0. The summed E-state index contributed by atoms with van der Waals surface area (Å²) >= 11 is 0. The molecule has 2 aliphatic heterocycles. The monoisotopic (exact) mass is 302 g/mol. The number of piperidine rings is 1. The van der Waals surface area contributed by atoms with Crippen molar-refractivity contribution in [2.45, 2.75) is 32.1 Å². The molecule has 0 N–H and O–H groups in total. The van der Waals surface area contributed by atoms with Gasteiger partial charge in [-0.3, -0.25) is 4.79 Å². The molecule has 1 saturated heterocycles. The quantitative estimate of drug-likeness (QED) is 0.757. The molecule has 0 unspecified atom stereocenters. The molecule has 0 spiro atoms. The van der Waals surface area contributed by atoms with Gasteiger partial charge in [0, 0.05) is 20.1 Å². The lowest BCUT2D eigenvalue weighted by atomic mass is 10.00. The summed E-state index contributed by atoms with van der Waals surface area (Å²) in [5.41, 5.74) is 2.37. The molecule has 4 rings (SSSR count). The van der Waals surface area contributed by atoms with Crippen LogP contribution in [0, 0.1) is 6.92 Å². The minimum atomic E-state index is 0.0168. The van der Waals surface area contributed by atoms with Crippen LogP contribution in [0.3, 0.4) is 0 Å². The third-order valence-electron chi connectivity index (χ3n) is 4.54. The summed E-state index contributed by atoms with van der Waals surface area (Å²) in [7, 11) is 1.85. The van der Waals surface area contributed by atoms with E-state index in [0.717, 1.165) is 17.8 Å². The first-order chi connectivity index (χ1) is 10.6. The van der Waals surface area contributed by atoms with Crippen molar-refractivity contribution >= 4 is 5.91 Å². The first-order valence-electron chi connectivity index (χ1n) is 7.43. The van der Waals surface area contributed by atoms with Crippen LogP contribution in [0.25, 0.3) is 0 Å². The highest BCUT2D eigenvalue weighted by Gasteiger charge is 2.38. The number of ether oxygens (including phenoxy) is 1. The third kappa shape index (κ3) is 1.94. The number of imidazole rings is 1. The molecular formula is C14H18N6O2. The number of rotatable bonds is 1. The van der Waals surface area contributed by atoms with Crippen LogP contribution in [-0.4, -0.2) is 54.5 Å². The Bertz CT molecular complexity index is 701. The summed E-state index contributed by atoms with van der Waals surface area (Å²) in [5, 5.41) is 8.12. The lowest BCUT2D eigenvalue weighted by Crippen LogP contribution is -2.50. The number of hydrogen-bond donors (Lipinski definition) is 0. The number of amides is 1. The van der Waals surface area contributed by atoms with Gasteiger partial charge in [-0.25, -0.2) is 9.67 Å². The number of hydrogen-bond acceptors (Lipinski definition) is 5. The van der Waals surface area contributed by atoms with E-state index >= 15 is 0 Å². The van der Waals surface area contributed by atoms with E-state index in [2.05, 4.69) is 15.3 Å². The lowest BCUT2D eigenvalue weighted by Gasteiger charge is -2.41. The maximum absolute atomic E-state index is 12.8. The first kappa shape index (κ1) is 13.4. The van der Waals surface area contributed by atoms with E-state index in [1.165, 1.54) is 0 Å². The number of fused-ring (bicyclic) bond motifs is 3. The van der Waals surface area contributed by atoms with Gasteiger partial charge in [0.2, 0.25) is 0 Å². The van der Waals surface area contributed by atoms with E-state index in [9.17, 15) is 4.79 Å². The molecule has 0 bridgehead atoms. The molecule has 0 aliphatic carbocycles. The van der Waals surface area contributed by atoms with Crippen LogP contribution >= 0.6 is 0 Å². The van der Waals surface area contributed by atoms with Crippen LogP contribution in [0.4, 0.5) is 0 Å². The average molecular weight is 302 g/mol. The molecule has 1 amide bonds. The fourth-order valence-electron chi connectivity index (χ4n) is 3.37. The maximum Gasteiger partial charge on any atom is 0.272 e. The van der Waals surface area contributed by atoms with Crippen molar-refractivity contribution in [3.63, 3.8) is 0 Å². The van der Waals surface area contributed by atoms with E-state index in [4.69, 9.17) is 4.74 Å². The molecule has 2 aliphatic rings. The van der Waals surface area contributed by atoms with Crippen molar-refractivity contribution in [2.24, 2.45) is 7.05 Å². The lowest BCUT2D eigenvalue weighted by molar-refractivity contribution is -0.0606. The van der Waals surface area contributed by atoms with E-state index in [0.29, 0.717) is 25.4 Å². The zero-order chi connectivity index (χ0) is 15.3. The fourth-order valence-corrected chi connectivity index (χ4v) is 3.37. The molecule has 8 heteroatoms. The second kappa shape index (κ2) is 4.91. The van der Waals surface area contributed by atoms with Crippen molar-refractivity contribution in [2.75, 3.05) is 13.1 Å². The molecule has 1 fully saturated rings. The van der Waals surface area contributed by atoms with Crippen molar-refractivity contribution in [1.29, 1.82) is 0 Å². The summed E-state index contributed by atoms with van der Waals surface area (Å²) < 4.78 is 9.56. The van der Waals surface area contributed by atoms with Crippen molar-refractivity contribution in [3.05, 3.63) is 29.6 Å². The van der Waals surface area contributed by atoms with E-state index < -0.39 is 0 Å². The van der Waals surface area contributed by atoms with Gasteiger partial charge in [0.15, 0.2) is 0 Å². The van der Waals surface area contributed by atoms with Crippen LogP contribution in [0.5, 0.6) is 0 Å². The summed E-state index contributed by atoms with van der Waals surface area (Å²) in [6.07, 6.45) is 4.31. The van der Waals surface area contributed by atoms with Gasteiger partial charge in [-0.1, -0.05) is 5.21 Å². The summed E-state index contributed by atoms with van der Waals surface area (Å²) in [4.78, 5) is 18.9. The van der Waals surface area contributed by atoms with Crippen molar-refractivity contribution in [3.8, 4) is 0 Å². The second-order valence-electron chi connectivity index (χ2n) is 5.92. The van der Waals surface area contributed by atoms with E-state index in [-0.39, 0.29) is 18.1 Å². The van der Waals surface area contributed by atoms with Crippen LogP contribution in [0.2, 0.25) is 0 Å². The van der Waals surface area contributed by atoms with Crippen LogP contribution < -0.4 is 0 Å². The Labute approximate surface area is 127 Å². The van der Waals surface area contributed by atoms with Crippen LogP contribution in [0.15, 0.2) is 12.5 Å². The SMILES string of the molecule is Cc1ncn(C)c1C(=O)N1CC[C@@H]2OCc3cnnn3[C@H]2C1. The van der Waals surface area contributed by atoms with Gasteiger partial charge in [-0.2, -0.15) is 0 Å². The Morgan fingerprint density at radius 1 is 1.45 bits per heavy atom. The molecule has 2 atom stereocenters. The Morgan fingerprint density at radius 2 is 2.32 bits per heavy atom. The Balaban J connectivity index is 1.60. The van der Waals surface area contributed by atoms with Crippen molar-refractivity contribution in [1.82, 2.24) is 29.4 Å². The highest BCUT2D eigenvalue weighted by atomic mass is 16.5. The molecule has 116 valence electrons. The van der Waals surface area contributed by atoms with Gasteiger partial charge in [0.1, 0.15) is 5.69 Å². The zero-order valence-electron chi connectivity index (χ0n) is 12.6. The number of carbonyl (C=O) groups is 1. The van der Waals surface area contributed by atoms with Gasteiger partial charge < -0.3 is 14.2 Å². The first-order valence-corrected chi connectivity index (χ1v) is 7.43. The largest absolute Gasteiger partial charge is 0.370 e. The minimum absolute atomic E-state index is 0.0168. The maximum atomic E-state index is 12.8. The molecule has 2 aromatic heterocycles. The van der Waals surface area contributed by atoms with Crippen LogP contribution in [0.1, 0.15) is 34.3 Å². The standard InChI is InChI=1S/C14H18N6O2/c1-9-13(18(2)8-15-9)14(21)19-4-3-12-11(6-19)20-10(7-22-12)5-16-17-20/h5,8,11-12H,3-4,6-7H2,1-2H3/t11-,12-/m0/s1. The van der Waals surface area contributed by atoms with Crippen LogP contribution in [-0.2, 0) is 18.4 Å². The molecule has 22 heavy (non-hydrogen) atoms. The number of carbonyl (C=O) groups excluding carboxylic acids is 1. The van der Waals surface area contributed by atoms with Gasteiger partial charge in [-0.05, 0) is 13.3 Å². The molecule has 0 aromatic carbocycles. The second-order valence-corrected chi connectivity index (χ2v) is 5.92. The smallest absolute Gasteiger partial charge is 0.272 e. The minimum Gasteiger partial charge on any atom is -0.370 e. The highest BCUT2D eigenvalue weighted by molar-refractivity contribution is 5.93. The Morgan fingerprint density at radius 3 is 3.09 bits per heavy atom. The van der Waals surface area contributed by atoms with E-state index in [1.807, 2.05) is 23.6 Å². The molecule has 2 aromatic rings. The fraction of sp³-hybridized carbons (Fsp3) is 0.571. The molecule has 0 radical (unpaired) electrons. The third-order valence-corrected chi connectivity index (χ3v) is 4.54. The topological polar surface area (TPSA) is 78.1 Å². The molecular weight excluding hydrogens is 284 g/mol. The van der Waals surface area contributed by atoms with Gasteiger partial charge >= 0.3 is 0 Å². The summed E-state index contributed by atoms with van der Waals surface area (Å²) in [6.45, 7) is 3.68. The number of likely N-dealkylation sites (tertiary alicyclic amines) is 1. The molecule has 4 heterocycles. The van der Waals surface area contributed by atoms with E-state index in [1.54, 1.807) is 17.1 Å². The molecule has 8 nitrogen and oxygen atoms in total. The van der Waals surface area contributed by atoms with Gasteiger partial charge in [0.05, 0.1) is 42.7 Å². The molecule has 0 saturated carbocycles. The number of aryl methyl sites for hydroxylation is 2. The summed E-state index contributed by atoms with van der Waals surface area (Å²) in [6, 6.07) is 0.0393. The average Bonchev–Trinajstić information content (AvgIpc) is 3.13. The Kier molecular flexibility index (Phi) is 3.00. The van der Waals surface area contributed by atoms with Crippen molar-refractivity contribution < 1.29 is 9.53 Å². The predicted molar refractivity (Wildman–Crippen MR) is 76.1 cm³/mol. The number of aromatic nitrogens is 5. The zero-order valence-corrected chi connectivity index (χ0v) is 12.6. The predicted octanol–water partition coefficient (Wildman–Crippen LogP) is 0.306. The number of nitrogens with zero attached hydrogens (tertiary/aromatic N) is 6. The summed E-state index contributed by atoms with van der Waals surface area (Å²) in [5.74, 6) is 0.0168. The van der Waals surface area contributed by atoms with Gasteiger partial charge in [0.25, 0.3) is 5.91 Å². The van der Waals surface area contributed by atoms with Gasteiger partial charge in [-0.15, -0.1) is 5.10 Å². The highest BCUT2D eigenvalue weighted by Crippen LogP contribution is 2.30.